The first-order valence-corrected chi connectivity index (χ1v) is 6.71. The van der Waals surface area contributed by atoms with Gasteiger partial charge in [0.15, 0.2) is 0 Å². The highest BCUT2D eigenvalue weighted by molar-refractivity contribution is 7.13. The summed E-state index contributed by atoms with van der Waals surface area (Å²) in [7, 11) is 0. The molecule has 0 aliphatic carbocycles. The van der Waals surface area contributed by atoms with Gasteiger partial charge in [0, 0.05) is 16.1 Å². The fourth-order valence-electron chi connectivity index (χ4n) is 2.12. The minimum Gasteiger partial charge on any atom is -0.383 e. The Balaban J connectivity index is 2.84. The summed E-state index contributed by atoms with van der Waals surface area (Å²) in [6.45, 7) is 6.11. The molecule has 2 rings (SSSR count). The van der Waals surface area contributed by atoms with Crippen LogP contribution in [0.25, 0.3) is 10.4 Å². The van der Waals surface area contributed by atoms with Crippen LogP contribution in [0, 0.1) is 25.2 Å². The minimum atomic E-state index is 0.336. The molecule has 18 heavy (non-hydrogen) atoms. The normalized spacial score (nSPS) is 10.3. The summed E-state index contributed by atoms with van der Waals surface area (Å²) in [5.41, 5.74) is 10.6. The summed E-state index contributed by atoms with van der Waals surface area (Å²) >= 11 is 1.64. The summed E-state index contributed by atoms with van der Waals surface area (Å²) in [5, 5.41) is 11.3. The van der Waals surface area contributed by atoms with Crippen LogP contribution in [0.1, 0.15) is 29.3 Å². The Kier molecular flexibility index (Phi) is 3.35. The molecule has 2 N–H and O–H groups in total. The molecule has 0 bridgehead atoms. The highest BCUT2D eigenvalue weighted by atomic mass is 32.1. The number of pyridine rings is 1. The number of thiophene rings is 1. The third kappa shape index (κ3) is 1.87. The van der Waals surface area contributed by atoms with Gasteiger partial charge in [-0.05, 0) is 42.8 Å². The number of nitrogens with zero attached hydrogens (tertiary/aromatic N) is 2. The van der Waals surface area contributed by atoms with Crippen LogP contribution in [0.5, 0.6) is 0 Å². The van der Waals surface area contributed by atoms with Gasteiger partial charge in [0.05, 0.1) is 0 Å². The monoisotopic (exact) mass is 257 g/mol. The Labute approximate surface area is 111 Å². The average Bonchev–Trinajstić information content (AvgIpc) is 2.77. The predicted molar refractivity (Wildman–Crippen MR) is 75.5 cm³/mol. The fourth-order valence-corrected chi connectivity index (χ4v) is 3.15. The second kappa shape index (κ2) is 4.79. The molecule has 4 heteroatoms. The van der Waals surface area contributed by atoms with Crippen LogP contribution in [0.4, 0.5) is 5.82 Å². The van der Waals surface area contributed by atoms with E-state index >= 15 is 0 Å². The number of aromatic nitrogens is 1. The molecule has 0 aromatic carbocycles. The lowest BCUT2D eigenvalue weighted by molar-refractivity contribution is 1.01. The molecule has 0 saturated carbocycles. The van der Waals surface area contributed by atoms with Crippen molar-refractivity contribution in [2.24, 2.45) is 0 Å². The second-order valence-corrected chi connectivity index (χ2v) is 5.13. The van der Waals surface area contributed by atoms with E-state index in [1.54, 1.807) is 11.3 Å². The van der Waals surface area contributed by atoms with Crippen LogP contribution < -0.4 is 5.73 Å². The fraction of sp³-hybridized carbons (Fsp3) is 0.286. The third-order valence-corrected chi connectivity index (χ3v) is 4.14. The van der Waals surface area contributed by atoms with E-state index in [9.17, 15) is 5.26 Å². The SMILES string of the molecule is CCc1nc(N)c(C#N)c(-c2sccc2C)c1C. The van der Waals surface area contributed by atoms with Crippen LogP contribution in [0.2, 0.25) is 0 Å². The van der Waals surface area contributed by atoms with E-state index in [0.717, 1.165) is 28.1 Å². The van der Waals surface area contributed by atoms with E-state index in [1.807, 2.05) is 19.2 Å². The minimum absolute atomic E-state index is 0.336. The van der Waals surface area contributed by atoms with Crippen LogP contribution in [0.15, 0.2) is 11.4 Å². The number of nitriles is 1. The second-order valence-electron chi connectivity index (χ2n) is 4.22. The first kappa shape index (κ1) is 12.6. The van der Waals surface area contributed by atoms with Gasteiger partial charge in [0.25, 0.3) is 0 Å². The van der Waals surface area contributed by atoms with Crippen LogP contribution >= 0.6 is 11.3 Å². The molecule has 0 aliphatic rings. The molecule has 0 unspecified atom stereocenters. The number of hydrogen-bond donors (Lipinski definition) is 1. The summed E-state index contributed by atoms with van der Waals surface area (Å²) in [5.74, 6) is 0.336. The van der Waals surface area contributed by atoms with Crippen molar-refractivity contribution in [3.8, 4) is 16.5 Å². The number of hydrogen-bond acceptors (Lipinski definition) is 4. The van der Waals surface area contributed by atoms with Crippen LogP contribution in [0.3, 0.4) is 0 Å². The van der Waals surface area contributed by atoms with Crippen molar-refractivity contribution in [1.29, 1.82) is 5.26 Å². The first-order valence-electron chi connectivity index (χ1n) is 5.83. The van der Waals surface area contributed by atoms with Crippen molar-refractivity contribution in [1.82, 2.24) is 4.98 Å². The number of rotatable bonds is 2. The van der Waals surface area contributed by atoms with E-state index in [2.05, 4.69) is 24.0 Å². The molecule has 0 saturated heterocycles. The standard InChI is InChI=1S/C14H15N3S/c1-4-11-9(3)12(10(7-15)14(16)17-11)13-8(2)5-6-18-13/h5-6H,4H2,1-3H3,(H2,16,17). The number of aryl methyl sites for hydroxylation is 2. The van der Waals surface area contributed by atoms with Crippen molar-refractivity contribution >= 4 is 17.2 Å². The van der Waals surface area contributed by atoms with Gasteiger partial charge in [-0.25, -0.2) is 4.98 Å². The van der Waals surface area contributed by atoms with E-state index in [1.165, 1.54) is 5.56 Å². The molecular weight excluding hydrogens is 242 g/mol. The predicted octanol–water partition coefficient (Wildman–Crippen LogP) is 3.44. The maximum Gasteiger partial charge on any atom is 0.142 e. The highest BCUT2D eigenvalue weighted by Crippen LogP contribution is 2.36. The van der Waals surface area contributed by atoms with Crippen molar-refractivity contribution in [3.05, 3.63) is 33.8 Å². The first-order chi connectivity index (χ1) is 8.60. The number of nitrogens with two attached hydrogens (primary N) is 1. The molecule has 2 aromatic heterocycles. The molecule has 92 valence electrons. The number of anilines is 1. The van der Waals surface area contributed by atoms with Crippen LogP contribution in [-0.4, -0.2) is 4.98 Å². The lowest BCUT2D eigenvalue weighted by Gasteiger charge is -2.13. The van der Waals surface area contributed by atoms with Crippen molar-refractivity contribution in [3.63, 3.8) is 0 Å². The summed E-state index contributed by atoms with van der Waals surface area (Å²) in [6, 6.07) is 4.25. The molecule has 2 aromatic rings. The topological polar surface area (TPSA) is 62.7 Å². The third-order valence-electron chi connectivity index (χ3n) is 3.11. The summed E-state index contributed by atoms with van der Waals surface area (Å²) < 4.78 is 0. The maximum absolute atomic E-state index is 9.31. The van der Waals surface area contributed by atoms with E-state index in [4.69, 9.17) is 5.73 Å². The number of nitrogen functional groups attached to an aromatic ring is 1. The zero-order valence-corrected chi connectivity index (χ0v) is 11.6. The summed E-state index contributed by atoms with van der Waals surface area (Å²) in [4.78, 5) is 5.44. The molecule has 3 nitrogen and oxygen atoms in total. The van der Waals surface area contributed by atoms with E-state index in [-0.39, 0.29) is 0 Å². The maximum atomic E-state index is 9.31. The Hall–Kier alpha value is -1.86. The van der Waals surface area contributed by atoms with Crippen LogP contribution in [-0.2, 0) is 6.42 Å². The molecule has 0 amide bonds. The quantitative estimate of drug-likeness (QED) is 0.896. The summed E-state index contributed by atoms with van der Waals surface area (Å²) in [6.07, 6.45) is 0.819. The lowest BCUT2D eigenvalue weighted by Crippen LogP contribution is -2.04. The van der Waals surface area contributed by atoms with Gasteiger partial charge < -0.3 is 5.73 Å². The molecular formula is C14H15N3S. The van der Waals surface area contributed by atoms with Crippen molar-refractivity contribution < 1.29 is 0 Å². The Morgan fingerprint density at radius 3 is 2.67 bits per heavy atom. The zero-order valence-electron chi connectivity index (χ0n) is 10.7. The van der Waals surface area contributed by atoms with Gasteiger partial charge >= 0.3 is 0 Å². The lowest BCUT2D eigenvalue weighted by atomic mass is 9.97. The van der Waals surface area contributed by atoms with Gasteiger partial charge in [-0.3, -0.25) is 0 Å². The largest absolute Gasteiger partial charge is 0.383 e. The van der Waals surface area contributed by atoms with Crippen molar-refractivity contribution in [2.45, 2.75) is 27.2 Å². The smallest absolute Gasteiger partial charge is 0.142 e. The van der Waals surface area contributed by atoms with Gasteiger partial charge in [-0.15, -0.1) is 11.3 Å². The van der Waals surface area contributed by atoms with Gasteiger partial charge in [0.1, 0.15) is 17.5 Å². The highest BCUT2D eigenvalue weighted by Gasteiger charge is 2.18. The Morgan fingerprint density at radius 1 is 1.44 bits per heavy atom. The Morgan fingerprint density at radius 2 is 2.17 bits per heavy atom. The van der Waals surface area contributed by atoms with E-state index in [0.29, 0.717) is 11.4 Å². The molecule has 2 heterocycles. The van der Waals surface area contributed by atoms with Crippen molar-refractivity contribution in [2.75, 3.05) is 5.73 Å². The van der Waals surface area contributed by atoms with Gasteiger partial charge in [-0.2, -0.15) is 5.26 Å². The van der Waals surface area contributed by atoms with Gasteiger partial charge in [0.2, 0.25) is 0 Å². The molecule has 0 aliphatic heterocycles. The average molecular weight is 257 g/mol. The zero-order chi connectivity index (χ0) is 13.3. The molecule has 0 radical (unpaired) electrons. The molecule has 0 atom stereocenters. The van der Waals surface area contributed by atoms with Gasteiger partial charge in [-0.1, -0.05) is 6.92 Å². The molecule has 0 spiro atoms. The Bertz CT molecular complexity index is 634. The molecule has 0 fully saturated rings. The van der Waals surface area contributed by atoms with E-state index < -0.39 is 0 Å².